The third-order valence-corrected chi connectivity index (χ3v) is 7.96. The summed E-state index contributed by atoms with van der Waals surface area (Å²) in [5.74, 6) is -10.3. The van der Waals surface area contributed by atoms with E-state index < -0.39 is 97.0 Å². The van der Waals surface area contributed by atoms with Gasteiger partial charge in [-0.3, -0.25) is 19.2 Å². The summed E-state index contributed by atoms with van der Waals surface area (Å²) < 4.78 is 151. The maximum absolute atomic E-state index is 11.7. The SMILES string of the molecule is CCC(C)(C)C(=O)OCCOC(=O)C(F)(F)F.CCC(C)(C)C(=O)OCCOC(=O)C(F)F.CCC(C)C(=O)OCCOC(=O)C(F)(F)F.CCC(C)C(=O)OCCOC(=O)C(F)F. The quantitative estimate of drug-likeness (QED) is 0.0467. The average Bonchev–Trinajstić information content (AvgIpc) is 3.22. The van der Waals surface area contributed by atoms with E-state index in [1.54, 1.807) is 55.4 Å². The minimum atomic E-state index is -5.02. The average molecular weight is 961 g/mol. The highest BCUT2D eigenvalue weighted by Gasteiger charge is 2.41. The third-order valence-electron chi connectivity index (χ3n) is 7.96. The highest BCUT2D eigenvalue weighted by Crippen LogP contribution is 2.22. The lowest BCUT2D eigenvalue weighted by atomic mass is 9.91. The summed E-state index contributed by atoms with van der Waals surface area (Å²) in [5, 5.41) is 0. The number of hydrogen-bond acceptors (Lipinski definition) is 16. The summed E-state index contributed by atoms with van der Waals surface area (Å²) in [4.78, 5) is 85.9. The van der Waals surface area contributed by atoms with E-state index in [4.69, 9.17) is 4.74 Å². The molecule has 64 heavy (non-hydrogen) atoms. The van der Waals surface area contributed by atoms with Gasteiger partial charge < -0.3 is 37.9 Å². The Kier molecular flexibility index (Phi) is 34.4. The molecule has 16 nitrogen and oxygen atoms in total. The number of carbonyl (C=O) groups excluding carboxylic acids is 8. The van der Waals surface area contributed by atoms with Crippen LogP contribution in [0.25, 0.3) is 0 Å². The Balaban J connectivity index is -0.000000375. The van der Waals surface area contributed by atoms with Crippen molar-refractivity contribution in [2.45, 2.75) is 120 Å². The van der Waals surface area contributed by atoms with E-state index >= 15 is 0 Å². The zero-order chi connectivity index (χ0) is 51.1. The van der Waals surface area contributed by atoms with Crippen molar-refractivity contribution in [2.24, 2.45) is 22.7 Å². The molecule has 0 fully saturated rings. The second-order valence-corrected chi connectivity index (χ2v) is 13.9. The number of alkyl halides is 10. The first-order valence-electron chi connectivity index (χ1n) is 19.2. The van der Waals surface area contributed by atoms with Crippen LogP contribution in [0.3, 0.4) is 0 Å². The van der Waals surface area contributed by atoms with Crippen LogP contribution < -0.4 is 0 Å². The van der Waals surface area contributed by atoms with E-state index in [1.165, 1.54) is 0 Å². The van der Waals surface area contributed by atoms with Crippen molar-refractivity contribution in [1.29, 1.82) is 0 Å². The van der Waals surface area contributed by atoms with Crippen molar-refractivity contribution in [3.05, 3.63) is 0 Å². The van der Waals surface area contributed by atoms with E-state index in [-0.39, 0.29) is 51.5 Å². The fourth-order valence-corrected chi connectivity index (χ4v) is 2.69. The minimum Gasteiger partial charge on any atom is -0.462 e. The molecule has 0 amide bonds. The number of hydrogen-bond donors (Lipinski definition) is 0. The lowest BCUT2D eigenvalue weighted by molar-refractivity contribution is -0.201. The molecule has 26 heteroatoms. The van der Waals surface area contributed by atoms with E-state index in [1.807, 2.05) is 13.8 Å². The molecule has 0 bridgehead atoms. The molecule has 376 valence electrons. The summed E-state index contributed by atoms with van der Waals surface area (Å²) in [6, 6.07) is 0. The van der Waals surface area contributed by atoms with Gasteiger partial charge in [0.05, 0.1) is 22.7 Å². The summed E-state index contributed by atoms with van der Waals surface area (Å²) in [6.45, 7) is 14.2. The van der Waals surface area contributed by atoms with Gasteiger partial charge in [0.2, 0.25) is 0 Å². The first-order chi connectivity index (χ1) is 29.2. The third kappa shape index (κ3) is 33.6. The second kappa shape index (κ2) is 33.6. The van der Waals surface area contributed by atoms with Crippen molar-refractivity contribution in [3.63, 3.8) is 0 Å². The van der Waals surface area contributed by atoms with Gasteiger partial charge in [-0.05, 0) is 53.4 Å². The maximum atomic E-state index is 11.7. The largest absolute Gasteiger partial charge is 0.490 e. The van der Waals surface area contributed by atoms with Crippen LogP contribution in [-0.4, -0.2) is 126 Å². The van der Waals surface area contributed by atoms with Crippen LogP contribution >= 0.6 is 0 Å². The van der Waals surface area contributed by atoms with E-state index in [0.29, 0.717) is 25.7 Å². The lowest BCUT2D eigenvalue weighted by Gasteiger charge is -2.20. The number of rotatable bonds is 22. The molecular formula is C38H58F10O16. The molecule has 0 aromatic rings. The zero-order valence-electron chi connectivity index (χ0n) is 37.1. The van der Waals surface area contributed by atoms with E-state index in [9.17, 15) is 82.3 Å². The van der Waals surface area contributed by atoms with Crippen molar-refractivity contribution in [1.82, 2.24) is 0 Å². The Labute approximate surface area is 363 Å². The second-order valence-electron chi connectivity index (χ2n) is 13.9. The summed E-state index contributed by atoms with van der Waals surface area (Å²) in [6.07, 6.45) is -14.0. The molecule has 0 rings (SSSR count). The monoisotopic (exact) mass is 960 g/mol. The predicted molar refractivity (Wildman–Crippen MR) is 199 cm³/mol. The molecule has 2 unspecified atom stereocenters. The molecule has 2 atom stereocenters. The smallest absolute Gasteiger partial charge is 0.462 e. The van der Waals surface area contributed by atoms with Crippen molar-refractivity contribution in [2.75, 3.05) is 52.9 Å². The van der Waals surface area contributed by atoms with Gasteiger partial charge in [-0.1, -0.05) is 41.5 Å². The van der Waals surface area contributed by atoms with Crippen LogP contribution in [0, 0.1) is 22.7 Å². The van der Waals surface area contributed by atoms with E-state index in [0.717, 1.165) is 0 Å². The first-order valence-corrected chi connectivity index (χ1v) is 19.2. The molecule has 0 aliphatic heterocycles. The minimum absolute atomic E-state index is 0.193. The molecule has 0 aliphatic carbocycles. The first kappa shape index (κ1) is 65.7. The molecule has 0 aromatic heterocycles. The molecule has 0 N–H and O–H groups in total. The van der Waals surface area contributed by atoms with Crippen LogP contribution in [0.4, 0.5) is 43.9 Å². The van der Waals surface area contributed by atoms with Crippen molar-refractivity contribution in [3.8, 4) is 0 Å². The van der Waals surface area contributed by atoms with Crippen molar-refractivity contribution < 1.29 is 120 Å². The summed E-state index contributed by atoms with van der Waals surface area (Å²) in [5.41, 5.74) is -1.32. The Bertz CT molecular complexity index is 1420. The lowest BCUT2D eigenvalue weighted by Crippen LogP contribution is -2.29. The fourth-order valence-electron chi connectivity index (χ4n) is 2.69. The van der Waals surface area contributed by atoms with Crippen LogP contribution in [0.5, 0.6) is 0 Å². The van der Waals surface area contributed by atoms with E-state index in [2.05, 4.69) is 33.2 Å². The highest BCUT2D eigenvalue weighted by atomic mass is 19.4. The zero-order valence-corrected chi connectivity index (χ0v) is 37.1. The topological polar surface area (TPSA) is 210 Å². The van der Waals surface area contributed by atoms with Gasteiger partial charge in [0.25, 0.3) is 0 Å². The fraction of sp³-hybridized carbons (Fsp3) is 0.789. The molecular weight excluding hydrogens is 902 g/mol. The van der Waals surface area contributed by atoms with Gasteiger partial charge in [-0.25, -0.2) is 19.2 Å². The summed E-state index contributed by atoms with van der Waals surface area (Å²) >= 11 is 0. The van der Waals surface area contributed by atoms with Gasteiger partial charge in [0.15, 0.2) is 0 Å². The number of esters is 8. The van der Waals surface area contributed by atoms with Crippen LogP contribution in [0.1, 0.15) is 94.9 Å². The molecule has 0 heterocycles. The highest BCUT2D eigenvalue weighted by molar-refractivity contribution is 5.77. The predicted octanol–water partition coefficient (Wildman–Crippen LogP) is 6.91. The molecule has 0 aliphatic rings. The Morgan fingerprint density at radius 3 is 0.766 bits per heavy atom. The number of halogens is 10. The van der Waals surface area contributed by atoms with Gasteiger partial charge >= 0.3 is 73.0 Å². The summed E-state index contributed by atoms with van der Waals surface area (Å²) in [7, 11) is 0. The van der Waals surface area contributed by atoms with Crippen LogP contribution in [0.15, 0.2) is 0 Å². The van der Waals surface area contributed by atoms with Crippen LogP contribution in [-0.2, 0) is 76.3 Å². The standard InChI is InChI=1S/C10H15F3O4.C10H16F2O4.C9H13F3O4.C9H14F2O4/c1-4-9(2,3)7(14)16-5-6-17-8(15)10(11,12)13;1-4-10(2,3)9(14)16-6-5-15-8(13)7(11)12;1-3-6(2)7(13)15-4-5-16-8(14)9(10,11)12;1-3-6(2)8(12)14-4-5-15-9(13)7(10)11/h4-6H2,1-3H3;7H,4-6H2,1-3H3;6H,3-5H2,1-2H3;6-7H,3-5H2,1-2H3. The van der Waals surface area contributed by atoms with Gasteiger partial charge in [-0.15, -0.1) is 0 Å². The molecule has 0 radical (unpaired) electrons. The Morgan fingerprint density at radius 1 is 0.375 bits per heavy atom. The Hall–Kier alpha value is -4.94. The van der Waals surface area contributed by atoms with Crippen LogP contribution in [0.2, 0.25) is 0 Å². The molecule has 0 aromatic carbocycles. The number of carbonyl (C=O) groups is 8. The van der Waals surface area contributed by atoms with Crippen molar-refractivity contribution >= 4 is 47.8 Å². The number of ether oxygens (including phenoxy) is 8. The van der Waals surface area contributed by atoms with Gasteiger partial charge in [0.1, 0.15) is 52.9 Å². The molecule has 0 saturated carbocycles. The Morgan fingerprint density at radius 2 is 0.578 bits per heavy atom. The molecule has 0 saturated heterocycles. The maximum Gasteiger partial charge on any atom is 0.490 e. The van der Waals surface area contributed by atoms with Gasteiger partial charge in [-0.2, -0.15) is 43.9 Å². The molecule has 0 spiro atoms. The normalized spacial score (nSPS) is 12.2. The van der Waals surface area contributed by atoms with Gasteiger partial charge in [0, 0.05) is 0 Å².